The van der Waals surface area contributed by atoms with Gasteiger partial charge in [0.1, 0.15) is 0 Å². The van der Waals surface area contributed by atoms with Crippen LogP contribution in [0.3, 0.4) is 0 Å². The van der Waals surface area contributed by atoms with E-state index >= 15 is 0 Å². The molecule has 2 rings (SSSR count). The minimum atomic E-state index is 0.861. The zero-order chi connectivity index (χ0) is 10.7. The van der Waals surface area contributed by atoms with Crippen LogP contribution in [0.15, 0.2) is 18.2 Å². The van der Waals surface area contributed by atoms with Gasteiger partial charge in [0.2, 0.25) is 0 Å². The lowest BCUT2D eigenvalue weighted by Crippen LogP contribution is -2.09. The van der Waals surface area contributed by atoms with Crippen molar-refractivity contribution in [1.82, 2.24) is 0 Å². The van der Waals surface area contributed by atoms with E-state index in [2.05, 4.69) is 19.1 Å². The Hall–Kier alpha value is -0.490. The van der Waals surface area contributed by atoms with Crippen molar-refractivity contribution in [3.63, 3.8) is 0 Å². The molecule has 0 aliphatic heterocycles. The standard InChI is InChI=1S/C14H19Cl/c1-11-9-14(15)8-7-13(11)10-12-5-3-2-4-6-12/h7-9,12H,2-6,10H2,1H3. The second-order valence-corrected chi connectivity index (χ2v) is 5.22. The first kappa shape index (κ1) is 11.0. The van der Waals surface area contributed by atoms with Gasteiger partial charge in [-0.1, -0.05) is 49.8 Å². The van der Waals surface area contributed by atoms with Crippen molar-refractivity contribution in [2.75, 3.05) is 0 Å². The first-order chi connectivity index (χ1) is 7.25. The summed E-state index contributed by atoms with van der Waals surface area (Å²) >= 11 is 5.96. The molecular weight excluding hydrogens is 204 g/mol. The molecule has 0 atom stereocenters. The molecule has 0 nitrogen and oxygen atoms in total. The van der Waals surface area contributed by atoms with Crippen molar-refractivity contribution < 1.29 is 0 Å². The molecule has 0 heterocycles. The van der Waals surface area contributed by atoms with Gasteiger partial charge in [0.05, 0.1) is 0 Å². The van der Waals surface area contributed by atoms with Gasteiger partial charge in [-0.2, -0.15) is 0 Å². The Bertz CT molecular complexity index is 324. The van der Waals surface area contributed by atoms with Gasteiger partial charge in [-0.3, -0.25) is 0 Å². The Morgan fingerprint density at radius 2 is 1.93 bits per heavy atom. The van der Waals surface area contributed by atoms with Gasteiger partial charge in [-0.15, -0.1) is 0 Å². The molecule has 1 aromatic rings. The van der Waals surface area contributed by atoms with Gasteiger partial charge in [0, 0.05) is 5.02 Å². The van der Waals surface area contributed by atoms with Crippen LogP contribution in [0.5, 0.6) is 0 Å². The normalized spacial score (nSPS) is 18.0. The second-order valence-electron chi connectivity index (χ2n) is 4.78. The van der Waals surface area contributed by atoms with Crippen LogP contribution in [0, 0.1) is 12.8 Å². The van der Waals surface area contributed by atoms with Gasteiger partial charge in [0.15, 0.2) is 0 Å². The van der Waals surface area contributed by atoms with Crippen molar-refractivity contribution in [1.29, 1.82) is 0 Å². The maximum Gasteiger partial charge on any atom is 0.0408 e. The SMILES string of the molecule is Cc1cc(Cl)ccc1CC1CCCCC1. The third-order valence-electron chi connectivity index (χ3n) is 3.54. The zero-order valence-electron chi connectivity index (χ0n) is 9.43. The summed E-state index contributed by atoms with van der Waals surface area (Å²) in [4.78, 5) is 0. The summed E-state index contributed by atoms with van der Waals surface area (Å²) in [6.07, 6.45) is 8.39. The molecule has 0 aromatic heterocycles. The minimum absolute atomic E-state index is 0.861. The summed E-state index contributed by atoms with van der Waals surface area (Å²) in [7, 11) is 0. The summed E-state index contributed by atoms with van der Waals surface area (Å²) in [5.74, 6) is 0.915. The van der Waals surface area contributed by atoms with E-state index < -0.39 is 0 Å². The number of benzene rings is 1. The summed E-state index contributed by atoms with van der Waals surface area (Å²) in [6, 6.07) is 6.30. The molecule has 0 saturated heterocycles. The Balaban J connectivity index is 2.03. The van der Waals surface area contributed by atoms with Crippen LogP contribution >= 0.6 is 11.6 Å². The molecular formula is C14H19Cl. The molecule has 0 bridgehead atoms. The summed E-state index contributed by atoms with van der Waals surface area (Å²) in [5, 5.41) is 0.861. The molecule has 1 fully saturated rings. The van der Waals surface area contributed by atoms with Crippen molar-refractivity contribution in [3.8, 4) is 0 Å². The highest BCUT2D eigenvalue weighted by molar-refractivity contribution is 6.30. The van der Waals surface area contributed by atoms with E-state index in [1.54, 1.807) is 0 Å². The smallest absolute Gasteiger partial charge is 0.0408 e. The molecule has 1 aliphatic carbocycles. The highest BCUT2D eigenvalue weighted by Crippen LogP contribution is 2.28. The van der Waals surface area contributed by atoms with Crippen LogP contribution in [0.2, 0.25) is 5.02 Å². The van der Waals surface area contributed by atoms with E-state index in [4.69, 9.17) is 11.6 Å². The van der Waals surface area contributed by atoms with Crippen molar-refractivity contribution in [2.24, 2.45) is 5.92 Å². The topological polar surface area (TPSA) is 0 Å². The first-order valence-corrected chi connectivity index (χ1v) is 6.38. The zero-order valence-corrected chi connectivity index (χ0v) is 10.2. The maximum absolute atomic E-state index is 5.96. The van der Waals surface area contributed by atoms with Crippen molar-refractivity contribution in [2.45, 2.75) is 45.4 Å². The highest BCUT2D eigenvalue weighted by Gasteiger charge is 2.14. The summed E-state index contributed by atoms with van der Waals surface area (Å²) in [5.41, 5.74) is 2.85. The Labute approximate surface area is 97.6 Å². The fraction of sp³-hybridized carbons (Fsp3) is 0.571. The lowest BCUT2D eigenvalue weighted by molar-refractivity contribution is 0.356. The number of rotatable bonds is 2. The van der Waals surface area contributed by atoms with Crippen LogP contribution in [0.25, 0.3) is 0 Å². The fourth-order valence-electron chi connectivity index (χ4n) is 2.59. The first-order valence-electron chi connectivity index (χ1n) is 6.01. The molecule has 0 unspecified atom stereocenters. The number of halogens is 1. The summed E-state index contributed by atoms with van der Waals surface area (Å²) in [6.45, 7) is 2.17. The second kappa shape index (κ2) is 5.03. The van der Waals surface area contributed by atoms with Crippen LogP contribution in [0.4, 0.5) is 0 Å². The molecule has 0 amide bonds. The Kier molecular flexibility index (Phi) is 3.69. The lowest BCUT2D eigenvalue weighted by Gasteiger charge is -2.22. The molecule has 1 heteroatoms. The number of aryl methyl sites for hydroxylation is 1. The summed E-state index contributed by atoms with van der Waals surface area (Å²) < 4.78 is 0. The number of hydrogen-bond acceptors (Lipinski definition) is 0. The van der Waals surface area contributed by atoms with E-state index in [0.29, 0.717) is 0 Å². The third-order valence-corrected chi connectivity index (χ3v) is 3.77. The molecule has 15 heavy (non-hydrogen) atoms. The minimum Gasteiger partial charge on any atom is -0.0843 e. The van der Waals surface area contributed by atoms with Crippen LogP contribution in [-0.2, 0) is 6.42 Å². The van der Waals surface area contributed by atoms with Gasteiger partial charge in [-0.25, -0.2) is 0 Å². The van der Waals surface area contributed by atoms with Gasteiger partial charge < -0.3 is 0 Å². The Morgan fingerprint density at radius 1 is 1.20 bits per heavy atom. The molecule has 0 radical (unpaired) electrons. The van der Waals surface area contributed by atoms with E-state index in [9.17, 15) is 0 Å². The van der Waals surface area contributed by atoms with E-state index in [0.717, 1.165) is 10.9 Å². The maximum atomic E-state index is 5.96. The molecule has 1 aromatic carbocycles. The van der Waals surface area contributed by atoms with Crippen molar-refractivity contribution in [3.05, 3.63) is 34.3 Å². The average Bonchev–Trinajstić information content (AvgIpc) is 2.24. The third kappa shape index (κ3) is 2.98. The molecule has 0 spiro atoms. The molecule has 0 N–H and O–H groups in total. The monoisotopic (exact) mass is 222 g/mol. The van der Waals surface area contributed by atoms with E-state index in [-0.39, 0.29) is 0 Å². The quantitative estimate of drug-likeness (QED) is 0.676. The fourth-order valence-corrected chi connectivity index (χ4v) is 2.82. The molecule has 82 valence electrons. The predicted octanol–water partition coefficient (Wildman–Crippen LogP) is 4.77. The highest BCUT2D eigenvalue weighted by atomic mass is 35.5. The van der Waals surface area contributed by atoms with Crippen LogP contribution in [0.1, 0.15) is 43.2 Å². The van der Waals surface area contributed by atoms with Gasteiger partial charge in [-0.05, 0) is 42.5 Å². The van der Waals surface area contributed by atoms with Crippen molar-refractivity contribution >= 4 is 11.6 Å². The Morgan fingerprint density at radius 3 is 2.60 bits per heavy atom. The van der Waals surface area contributed by atoms with Gasteiger partial charge in [0.25, 0.3) is 0 Å². The van der Waals surface area contributed by atoms with Gasteiger partial charge >= 0.3 is 0 Å². The average molecular weight is 223 g/mol. The molecule has 1 aliphatic rings. The van der Waals surface area contributed by atoms with E-state index in [1.165, 1.54) is 49.7 Å². The number of hydrogen-bond donors (Lipinski definition) is 0. The van der Waals surface area contributed by atoms with Crippen LogP contribution in [-0.4, -0.2) is 0 Å². The largest absolute Gasteiger partial charge is 0.0843 e. The van der Waals surface area contributed by atoms with Crippen LogP contribution < -0.4 is 0 Å². The lowest BCUT2D eigenvalue weighted by atomic mass is 9.84. The predicted molar refractivity (Wildman–Crippen MR) is 66.5 cm³/mol. The van der Waals surface area contributed by atoms with E-state index in [1.807, 2.05) is 6.07 Å². The molecule has 1 saturated carbocycles.